The van der Waals surface area contributed by atoms with Gasteiger partial charge in [0, 0.05) is 19.7 Å². The largest absolute Gasteiger partial charge is 0.377 e. The lowest BCUT2D eigenvalue weighted by molar-refractivity contribution is 0.127. The number of nitrogens with zero attached hydrogens (tertiary/aromatic N) is 3. The Labute approximate surface area is 146 Å². The van der Waals surface area contributed by atoms with E-state index in [4.69, 9.17) is 4.74 Å². The lowest BCUT2D eigenvalue weighted by atomic mass is 10.2. The van der Waals surface area contributed by atoms with Crippen LogP contribution in [0, 0.1) is 5.92 Å². The highest BCUT2D eigenvalue weighted by Crippen LogP contribution is 2.21. The van der Waals surface area contributed by atoms with Gasteiger partial charge in [0.1, 0.15) is 0 Å². The first kappa shape index (κ1) is 19.4. The summed E-state index contributed by atoms with van der Waals surface area (Å²) < 4.78 is 33.1. The van der Waals surface area contributed by atoms with Crippen LogP contribution in [-0.2, 0) is 27.7 Å². The van der Waals surface area contributed by atoms with Gasteiger partial charge in [-0.25, -0.2) is 13.4 Å². The van der Waals surface area contributed by atoms with Gasteiger partial charge in [0.25, 0.3) is 0 Å². The number of rotatable bonds is 9. The summed E-state index contributed by atoms with van der Waals surface area (Å²) in [5.41, 5.74) is 0.971. The molecule has 1 fully saturated rings. The minimum Gasteiger partial charge on any atom is -0.377 e. The Bertz CT molecular complexity index is 615. The van der Waals surface area contributed by atoms with Crippen LogP contribution in [0.25, 0.3) is 0 Å². The van der Waals surface area contributed by atoms with Gasteiger partial charge in [0.15, 0.2) is 0 Å². The maximum absolute atomic E-state index is 12.9. The maximum atomic E-state index is 12.9. The van der Waals surface area contributed by atoms with Crippen molar-refractivity contribution in [2.24, 2.45) is 5.92 Å². The summed E-state index contributed by atoms with van der Waals surface area (Å²) in [4.78, 5) is 6.57. The van der Waals surface area contributed by atoms with Gasteiger partial charge in [-0.15, -0.1) is 0 Å². The van der Waals surface area contributed by atoms with E-state index >= 15 is 0 Å². The van der Waals surface area contributed by atoms with Gasteiger partial charge >= 0.3 is 0 Å². The lowest BCUT2D eigenvalue weighted by Gasteiger charge is -2.21. The molecule has 6 nitrogen and oxygen atoms in total. The van der Waals surface area contributed by atoms with Crippen molar-refractivity contribution >= 4 is 9.84 Å². The Kier molecular flexibility index (Phi) is 6.83. The molecule has 24 heavy (non-hydrogen) atoms. The average molecular weight is 358 g/mol. The van der Waals surface area contributed by atoms with E-state index in [9.17, 15) is 8.42 Å². The molecule has 0 N–H and O–H groups in total. The van der Waals surface area contributed by atoms with Crippen molar-refractivity contribution in [1.82, 2.24) is 14.5 Å². The van der Waals surface area contributed by atoms with Crippen molar-refractivity contribution in [3.63, 3.8) is 0 Å². The second-order valence-corrected chi connectivity index (χ2v) is 8.84. The molecule has 0 spiro atoms. The molecule has 0 bridgehead atoms. The second-order valence-electron chi connectivity index (χ2n) is 6.91. The molecule has 7 heteroatoms. The van der Waals surface area contributed by atoms with E-state index in [1.807, 2.05) is 4.57 Å². The van der Waals surface area contributed by atoms with Gasteiger partial charge in [-0.1, -0.05) is 27.7 Å². The Morgan fingerprint density at radius 3 is 2.62 bits per heavy atom. The Morgan fingerprint density at radius 2 is 2.08 bits per heavy atom. The number of ether oxygens (including phenoxy) is 1. The molecule has 2 rings (SSSR count). The summed E-state index contributed by atoms with van der Waals surface area (Å²) in [6, 6.07) is 0. The monoisotopic (exact) mass is 357 g/mol. The van der Waals surface area contributed by atoms with E-state index in [2.05, 4.69) is 37.6 Å². The third kappa shape index (κ3) is 4.80. The highest BCUT2D eigenvalue weighted by atomic mass is 32.2. The predicted molar refractivity (Wildman–Crippen MR) is 94.7 cm³/mol. The maximum Gasteiger partial charge on any atom is 0.227 e. The van der Waals surface area contributed by atoms with Gasteiger partial charge in [-0.3, -0.25) is 4.90 Å². The number of hydrogen-bond donors (Lipinski definition) is 0. The van der Waals surface area contributed by atoms with Crippen LogP contribution < -0.4 is 0 Å². The molecule has 0 radical (unpaired) electrons. The lowest BCUT2D eigenvalue weighted by Crippen LogP contribution is -2.27. The minimum atomic E-state index is -3.44. The fraction of sp³-hybridized carbons (Fsp3) is 0.824. The molecule has 0 aliphatic carbocycles. The normalized spacial score (nSPS) is 18.8. The molecule has 1 aliphatic heterocycles. The number of aromatic nitrogens is 2. The molecule has 1 atom stereocenters. The van der Waals surface area contributed by atoms with E-state index in [1.165, 1.54) is 0 Å². The van der Waals surface area contributed by atoms with Crippen molar-refractivity contribution in [3.05, 3.63) is 11.9 Å². The average Bonchev–Trinajstić information content (AvgIpc) is 3.14. The van der Waals surface area contributed by atoms with Crippen molar-refractivity contribution < 1.29 is 13.2 Å². The molecule has 1 unspecified atom stereocenters. The van der Waals surface area contributed by atoms with E-state index in [1.54, 1.807) is 6.20 Å². The molecule has 1 saturated heterocycles. The zero-order chi connectivity index (χ0) is 17.7. The topological polar surface area (TPSA) is 64.4 Å². The quantitative estimate of drug-likeness (QED) is 0.679. The van der Waals surface area contributed by atoms with Crippen LogP contribution in [0.3, 0.4) is 0 Å². The van der Waals surface area contributed by atoms with Crippen LogP contribution >= 0.6 is 0 Å². The molecule has 1 aliphatic rings. The first-order valence-electron chi connectivity index (χ1n) is 8.98. The van der Waals surface area contributed by atoms with E-state index in [0.717, 1.165) is 38.2 Å². The van der Waals surface area contributed by atoms with E-state index < -0.39 is 9.84 Å². The molecule has 2 heterocycles. The van der Waals surface area contributed by atoms with E-state index in [0.29, 0.717) is 19.1 Å². The third-order valence-corrected chi connectivity index (χ3v) is 6.13. The minimum absolute atomic E-state index is 0.0345. The number of sulfone groups is 1. The van der Waals surface area contributed by atoms with Gasteiger partial charge < -0.3 is 9.30 Å². The summed E-state index contributed by atoms with van der Waals surface area (Å²) in [6.07, 6.45) is 3.29. The summed E-state index contributed by atoms with van der Waals surface area (Å²) in [7, 11) is -3.44. The van der Waals surface area contributed by atoms with Crippen LogP contribution in [-0.4, -0.2) is 54.4 Å². The number of hydrogen-bond acceptors (Lipinski definition) is 5. The van der Waals surface area contributed by atoms with Crippen LogP contribution in [0.15, 0.2) is 11.4 Å². The molecule has 0 aromatic carbocycles. The van der Waals surface area contributed by atoms with E-state index in [-0.39, 0.29) is 17.0 Å². The van der Waals surface area contributed by atoms with Crippen molar-refractivity contribution in [2.75, 3.05) is 25.4 Å². The Hall–Kier alpha value is -0.920. The van der Waals surface area contributed by atoms with Crippen molar-refractivity contribution in [3.8, 4) is 0 Å². The standard InChI is InChI=1S/C17H31N3O3S/c1-5-19(6-2)12-15-10-18-17(20(15)11-14(3)4)24(21,22)13-16-8-7-9-23-16/h10,14,16H,5-9,11-13H2,1-4H3. The van der Waals surface area contributed by atoms with Crippen LogP contribution in [0.2, 0.25) is 0 Å². The summed E-state index contributed by atoms with van der Waals surface area (Å²) in [6.45, 7) is 12.3. The van der Waals surface area contributed by atoms with Gasteiger partial charge in [-0.05, 0) is 31.8 Å². The van der Waals surface area contributed by atoms with Gasteiger partial charge in [-0.2, -0.15) is 0 Å². The second kappa shape index (κ2) is 8.45. The van der Waals surface area contributed by atoms with Gasteiger partial charge in [0.05, 0.1) is 23.7 Å². The van der Waals surface area contributed by atoms with Crippen LogP contribution in [0.1, 0.15) is 46.2 Å². The Balaban J connectivity index is 2.28. The van der Waals surface area contributed by atoms with Gasteiger partial charge in [0.2, 0.25) is 15.0 Å². The van der Waals surface area contributed by atoms with Crippen molar-refractivity contribution in [2.45, 2.75) is 64.9 Å². The highest BCUT2D eigenvalue weighted by Gasteiger charge is 2.29. The molecule has 1 aromatic rings. The Morgan fingerprint density at radius 1 is 1.38 bits per heavy atom. The molecule has 1 aromatic heterocycles. The predicted octanol–water partition coefficient (Wildman–Crippen LogP) is 2.33. The zero-order valence-corrected chi connectivity index (χ0v) is 16.2. The SMILES string of the molecule is CCN(CC)Cc1cnc(S(=O)(=O)CC2CCCO2)n1CC(C)C. The highest BCUT2D eigenvalue weighted by molar-refractivity contribution is 7.91. The zero-order valence-electron chi connectivity index (χ0n) is 15.4. The fourth-order valence-electron chi connectivity index (χ4n) is 3.10. The smallest absolute Gasteiger partial charge is 0.227 e. The van der Waals surface area contributed by atoms with Crippen molar-refractivity contribution in [1.29, 1.82) is 0 Å². The van der Waals surface area contributed by atoms with Crippen LogP contribution in [0.5, 0.6) is 0 Å². The molecule has 138 valence electrons. The fourth-order valence-corrected chi connectivity index (χ4v) is 4.74. The molecular weight excluding hydrogens is 326 g/mol. The molecule has 0 amide bonds. The number of imidazole rings is 1. The molecular formula is C17H31N3O3S. The third-order valence-electron chi connectivity index (χ3n) is 4.44. The molecule has 0 saturated carbocycles. The first-order chi connectivity index (χ1) is 11.4. The summed E-state index contributed by atoms with van der Waals surface area (Å²) in [5.74, 6) is 0.388. The summed E-state index contributed by atoms with van der Waals surface area (Å²) >= 11 is 0. The van der Waals surface area contributed by atoms with Crippen LogP contribution in [0.4, 0.5) is 0 Å². The summed E-state index contributed by atoms with van der Waals surface area (Å²) in [5, 5.41) is 0.203. The first-order valence-corrected chi connectivity index (χ1v) is 10.6.